The van der Waals surface area contributed by atoms with Gasteiger partial charge in [-0.1, -0.05) is 57.2 Å². The van der Waals surface area contributed by atoms with Gasteiger partial charge in [0.15, 0.2) is 0 Å². The van der Waals surface area contributed by atoms with Gasteiger partial charge in [0.05, 0.1) is 11.6 Å². The van der Waals surface area contributed by atoms with Gasteiger partial charge in [-0.25, -0.2) is 9.78 Å². The summed E-state index contributed by atoms with van der Waals surface area (Å²) in [6, 6.07) is 11.1. The van der Waals surface area contributed by atoms with Gasteiger partial charge < -0.3 is 10.2 Å². The zero-order chi connectivity index (χ0) is 25.1. The summed E-state index contributed by atoms with van der Waals surface area (Å²) < 4.78 is 38.9. The molecule has 34 heavy (non-hydrogen) atoms. The Morgan fingerprint density at radius 2 is 1.74 bits per heavy atom. The highest BCUT2D eigenvalue weighted by Crippen LogP contribution is 2.32. The molecule has 3 rings (SSSR count). The lowest BCUT2D eigenvalue weighted by Gasteiger charge is -2.34. The standard InChI is InChI=1S/C25H27F3N2O3S/c1-24(2,3)19-7-5-4-6-17(19)15-30(23(32)33)20(21(31)22-29-12-13-34-22)14-16-8-10-18(11-9-16)25(26,27)28/h4-13,20-21,31H,14-15H2,1-3H3,(H,32,33). The van der Waals surface area contributed by atoms with Crippen molar-refractivity contribution in [1.82, 2.24) is 9.88 Å². The number of benzene rings is 2. The van der Waals surface area contributed by atoms with E-state index in [0.29, 0.717) is 10.6 Å². The zero-order valence-electron chi connectivity index (χ0n) is 19.1. The number of carbonyl (C=O) groups is 1. The Hall–Kier alpha value is -2.91. The maximum Gasteiger partial charge on any atom is 0.416 e. The molecule has 2 atom stereocenters. The summed E-state index contributed by atoms with van der Waals surface area (Å²) in [6.07, 6.45) is -5.43. The number of hydrogen-bond acceptors (Lipinski definition) is 4. The number of rotatable bonds is 7. The van der Waals surface area contributed by atoms with Crippen molar-refractivity contribution in [2.45, 2.75) is 57.5 Å². The van der Waals surface area contributed by atoms with E-state index in [-0.39, 0.29) is 18.4 Å². The molecule has 0 saturated heterocycles. The molecular formula is C25H27F3N2O3S. The Labute approximate surface area is 200 Å². The second-order valence-electron chi connectivity index (χ2n) is 9.10. The molecule has 3 aromatic rings. The van der Waals surface area contributed by atoms with Crippen LogP contribution in [0.15, 0.2) is 60.1 Å². The summed E-state index contributed by atoms with van der Waals surface area (Å²) in [6.45, 7) is 6.10. The molecule has 2 N–H and O–H groups in total. The molecule has 182 valence electrons. The van der Waals surface area contributed by atoms with Crippen LogP contribution in [0, 0.1) is 0 Å². The van der Waals surface area contributed by atoms with Crippen molar-refractivity contribution in [3.8, 4) is 0 Å². The van der Waals surface area contributed by atoms with Crippen molar-refractivity contribution in [3.63, 3.8) is 0 Å². The van der Waals surface area contributed by atoms with Crippen molar-refractivity contribution < 1.29 is 28.2 Å². The lowest BCUT2D eigenvalue weighted by molar-refractivity contribution is -0.137. The first-order chi connectivity index (χ1) is 15.9. The minimum Gasteiger partial charge on any atom is -0.465 e. The van der Waals surface area contributed by atoms with Crippen LogP contribution >= 0.6 is 11.3 Å². The highest BCUT2D eigenvalue weighted by Gasteiger charge is 2.34. The van der Waals surface area contributed by atoms with E-state index in [2.05, 4.69) is 4.98 Å². The van der Waals surface area contributed by atoms with Crippen molar-refractivity contribution >= 4 is 17.4 Å². The van der Waals surface area contributed by atoms with Gasteiger partial charge in [0.25, 0.3) is 0 Å². The summed E-state index contributed by atoms with van der Waals surface area (Å²) in [7, 11) is 0. The summed E-state index contributed by atoms with van der Waals surface area (Å²) >= 11 is 1.19. The number of carboxylic acid groups (broad SMARTS) is 1. The lowest BCUT2D eigenvalue weighted by atomic mass is 9.83. The Balaban J connectivity index is 1.99. The van der Waals surface area contributed by atoms with Gasteiger partial charge in [0, 0.05) is 18.1 Å². The average molecular weight is 493 g/mol. The number of nitrogens with zero attached hydrogens (tertiary/aromatic N) is 2. The van der Waals surface area contributed by atoms with Gasteiger partial charge in [0.2, 0.25) is 0 Å². The third-order valence-electron chi connectivity index (χ3n) is 5.61. The molecule has 0 aliphatic carbocycles. The fraction of sp³-hybridized carbons (Fsp3) is 0.360. The SMILES string of the molecule is CC(C)(C)c1ccccc1CN(C(=O)O)C(Cc1ccc(C(F)(F)F)cc1)C(O)c1nccs1. The molecule has 1 heterocycles. The molecule has 0 radical (unpaired) electrons. The lowest BCUT2D eigenvalue weighted by Crippen LogP contribution is -2.44. The van der Waals surface area contributed by atoms with Crippen LogP contribution in [0.4, 0.5) is 18.0 Å². The first-order valence-electron chi connectivity index (χ1n) is 10.7. The van der Waals surface area contributed by atoms with Gasteiger partial charge in [0.1, 0.15) is 11.1 Å². The summed E-state index contributed by atoms with van der Waals surface area (Å²) in [4.78, 5) is 17.7. The topological polar surface area (TPSA) is 73.7 Å². The van der Waals surface area contributed by atoms with Crippen LogP contribution in [-0.4, -0.2) is 32.2 Å². The van der Waals surface area contributed by atoms with Crippen LogP contribution in [0.2, 0.25) is 0 Å². The molecule has 2 unspecified atom stereocenters. The average Bonchev–Trinajstić information content (AvgIpc) is 3.30. The number of aliphatic hydroxyl groups is 1. The first kappa shape index (κ1) is 25.7. The highest BCUT2D eigenvalue weighted by molar-refractivity contribution is 7.09. The normalized spacial score (nSPS) is 14.0. The number of alkyl halides is 3. The molecule has 0 fully saturated rings. The summed E-state index contributed by atoms with van der Waals surface area (Å²) in [5.74, 6) is 0. The molecule has 0 aliphatic rings. The fourth-order valence-electron chi connectivity index (χ4n) is 3.91. The summed E-state index contributed by atoms with van der Waals surface area (Å²) in [5.41, 5.74) is 1.21. The third-order valence-corrected chi connectivity index (χ3v) is 6.45. The predicted molar refractivity (Wildman–Crippen MR) is 125 cm³/mol. The molecule has 1 aromatic heterocycles. The quantitative estimate of drug-likeness (QED) is 0.407. The molecule has 1 amide bonds. The minimum atomic E-state index is -4.47. The maximum atomic E-state index is 13.0. The van der Waals surface area contributed by atoms with Crippen LogP contribution in [0.5, 0.6) is 0 Å². The molecule has 2 aromatic carbocycles. The minimum absolute atomic E-state index is 0.0104. The molecular weight excluding hydrogens is 465 g/mol. The highest BCUT2D eigenvalue weighted by atomic mass is 32.1. The van der Waals surface area contributed by atoms with Crippen molar-refractivity contribution in [2.75, 3.05) is 0 Å². The van der Waals surface area contributed by atoms with Crippen molar-refractivity contribution in [1.29, 1.82) is 0 Å². The number of thiazole rings is 1. The molecule has 9 heteroatoms. The Morgan fingerprint density at radius 3 is 2.26 bits per heavy atom. The second kappa shape index (κ2) is 10.1. The number of halogens is 3. The zero-order valence-corrected chi connectivity index (χ0v) is 19.9. The molecule has 0 bridgehead atoms. The molecule has 5 nitrogen and oxygen atoms in total. The van der Waals surface area contributed by atoms with Crippen LogP contribution in [-0.2, 0) is 24.6 Å². The van der Waals surface area contributed by atoms with Crippen molar-refractivity contribution in [3.05, 3.63) is 87.4 Å². The Kier molecular flexibility index (Phi) is 7.67. The Morgan fingerprint density at radius 1 is 1.09 bits per heavy atom. The van der Waals surface area contributed by atoms with E-state index in [1.807, 2.05) is 45.0 Å². The van der Waals surface area contributed by atoms with E-state index >= 15 is 0 Å². The van der Waals surface area contributed by atoms with E-state index in [9.17, 15) is 28.2 Å². The molecule has 0 saturated carbocycles. The maximum absolute atomic E-state index is 13.0. The third kappa shape index (κ3) is 6.15. The van der Waals surface area contributed by atoms with Gasteiger partial charge >= 0.3 is 12.3 Å². The smallest absolute Gasteiger partial charge is 0.416 e. The van der Waals surface area contributed by atoms with Crippen LogP contribution < -0.4 is 0 Å². The monoisotopic (exact) mass is 492 g/mol. The van der Waals surface area contributed by atoms with E-state index in [0.717, 1.165) is 28.2 Å². The Bertz CT molecular complexity index is 1090. The number of hydrogen-bond donors (Lipinski definition) is 2. The first-order valence-corrected chi connectivity index (χ1v) is 11.6. The van der Waals surface area contributed by atoms with E-state index in [1.165, 1.54) is 29.7 Å². The largest absolute Gasteiger partial charge is 0.465 e. The van der Waals surface area contributed by atoms with Crippen LogP contribution in [0.3, 0.4) is 0 Å². The number of amides is 1. The van der Waals surface area contributed by atoms with Gasteiger partial charge in [-0.05, 0) is 40.7 Å². The number of aromatic nitrogens is 1. The fourth-order valence-corrected chi connectivity index (χ4v) is 4.59. The van der Waals surface area contributed by atoms with E-state index in [1.54, 1.807) is 5.38 Å². The molecule has 0 aliphatic heterocycles. The van der Waals surface area contributed by atoms with Crippen LogP contribution in [0.25, 0.3) is 0 Å². The van der Waals surface area contributed by atoms with E-state index < -0.39 is 30.0 Å². The molecule has 0 spiro atoms. The van der Waals surface area contributed by atoms with Gasteiger partial charge in [-0.2, -0.15) is 13.2 Å². The van der Waals surface area contributed by atoms with E-state index in [4.69, 9.17) is 0 Å². The predicted octanol–water partition coefficient (Wildman–Crippen LogP) is 6.28. The van der Waals surface area contributed by atoms with Gasteiger partial charge in [-0.3, -0.25) is 4.90 Å². The number of aliphatic hydroxyl groups excluding tert-OH is 1. The second-order valence-corrected chi connectivity index (χ2v) is 10.0. The van der Waals surface area contributed by atoms with Crippen LogP contribution in [0.1, 0.15) is 54.1 Å². The van der Waals surface area contributed by atoms with Crippen molar-refractivity contribution in [2.24, 2.45) is 0 Å². The van der Waals surface area contributed by atoms with Gasteiger partial charge in [-0.15, -0.1) is 11.3 Å². The summed E-state index contributed by atoms with van der Waals surface area (Å²) in [5, 5.41) is 23.2.